The van der Waals surface area contributed by atoms with Crippen molar-refractivity contribution in [1.82, 2.24) is 25.3 Å². The lowest BCUT2D eigenvalue weighted by Gasteiger charge is -2.08. The van der Waals surface area contributed by atoms with Crippen LogP contribution in [0.3, 0.4) is 0 Å². The van der Waals surface area contributed by atoms with E-state index < -0.39 is 0 Å². The maximum absolute atomic E-state index is 4.45. The molecule has 98 valence electrons. The number of aryl methyl sites for hydroxylation is 2. The lowest BCUT2D eigenvalue weighted by atomic mass is 10.1. The van der Waals surface area contributed by atoms with Gasteiger partial charge in [0.15, 0.2) is 0 Å². The number of hydrogen-bond acceptors (Lipinski definition) is 3. The third-order valence-electron chi connectivity index (χ3n) is 3.18. The largest absolute Gasteiger partial charge is 0.310 e. The van der Waals surface area contributed by atoms with Crippen molar-refractivity contribution in [2.75, 3.05) is 0 Å². The van der Waals surface area contributed by atoms with Gasteiger partial charge in [0.25, 0.3) is 0 Å². The summed E-state index contributed by atoms with van der Waals surface area (Å²) in [7, 11) is 1.97. The molecule has 2 aromatic heterocycles. The highest BCUT2D eigenvalue weighted by atomic mass is 15.3. The Morgan fingerprint density at radius 2 is 2.11 bits per heavy atom. The van der Waals surface area contributed by atoms with Crippen LogP contribution in [0.5, 0.6) is 0 Å². The number of aromatic amines is 1. The van der Waals surface area contributed by atoms with E-state index >= 15 is 0 Å². The predicted molar refractivity (Wildman–Crippen MR) is 72.2 cm³/mol. The van der Waals surface area contributed by atoms with Crippen LogP contribution in [0.1, 0.15) is 30.8 Å². The van der Waals surface area contributed by atoms with Gasteiger partial charge in [-0.15, -0.1) is 0 Å². The van der Waals surface area contributed by atoms with E-state index in [0.717, 1.165) is 29.2 Å². The Morgan fingerprint density at radius 3 is 2.67 bits per heavy atom. The molecule has 0 aliphatic carbocycles. The van der Waals surface area contributed by atoms with Crippen LogP contribution in [0.2, 0.25) is 0 Å². The first-order valence-electron chi connectivity index (χ1n) is 6.27. The average molecular weight is 247 g/mol. The van der Waals surface area contributed by atoms with Gasteiger partial charge in [0.2, 0.25) is 0 Å². The molecule has 0 atom stereocenters. The summed E-state index contributed by atoms with van der Waals surface area (Å²) < 4.78 is 1.91. The highest BCUT2D eigenvalue weighted by Crippen LogP contribution is 2.27. The smallest absolute Gasteiger partial charge is 0.0732 e. The molecule has 18 heavy (non-hydrogen) atoms. The Labute approximate surface area is 108 Å². The molecule has 0 saturated carbocycles. The van der Waals surface area contributed by atoms with Crippen LogP contribution in [0.25, 0.3) is 11.3 Å². The van der Waals surface area contributed by atoms with E-state index in [9.17, 15) is 0 Å². The number of hydrogen-bond donors (Lipinski definition) is 2. The zero-order valence-corrected chi connectivity index (χ0v) is 11.7. The van der Waals surface area contributed by atoms with Gasteiger partial charge in [-0.05, 0) is 13.8 Å². The van der Waals surface area contributed by atoms with Gasteiger partial charge in [-0.2, -0.15) is 10.2 Å². The van der Waals surface area contributed by atoms with Crippen molar-refractivity contribution in [2.24, 2.45) is 7.05 Å². The second-order valence-corrected chi connectivity index (χ2v) is 4.98. The van der Waals surface area contributed by atoms with Crippen molar-refractivity contribution in [3.8, 4) is 11.3 Å². The van der Waals surface area contributed by atoms with Crippen LogP contribution < -0.4 is 5.32 Å². The molecule has 2 aromatic rings. The fourth-order valence-corrected chi connectivity index (χ4v) is 2.11. The molecular formula is C13H21N5. The number of rotatable bonds is 4. The standard InChI is InChI=1S/C13H21N5/c1-8(2)14-6-11-7-15-16-13(11)12-9(3)17-18(5)10(12)4/h7-8,14H,6H2,1-5H3,(H,15,16). The summed E-state index contributed by atoms with van der Waals surface area (Å²) in [6, 6.07) is 0.462. The molecule has 5 heteroatoms. The minimum Gasteiger partial charge on any atom is -0.310 e. The maximum atomic E-state index is 4.45. The molecule has 2 heterocycles. The van der Waals surface area contributed by atoms with Gasteiger partial charge in [-0.25, -0.2) is 0 Å². The zero-order valence-electron chi connectivity index (χ0n) is 11.7. The van der Waals surface area contributed by atoms with E-state index in [1.54, 1.807) is 0 Å². The Morgan fingerprint density at radius 1 is 1.39 bits per heavy atom. The topological polar surface area (TPSA) is 58.5 Å². The Bertz CT molecular complexity index is 536. The van der Waals surface area contributed by atoms with E-state index in [0.29, 0.717) is 6.04 Å². The summed E-state index contributed by atoms with van der Waals surface area (Å²) in [4.78, 5) is 0. The second-order valence-electron chi connectivity index (χ2n) is 4.98. The van der Waals surface area contributed by atoms with Crippen LogP contribution in [0.15, 0.2) is 6.20 Å². The molecule has 5 nitrogen and oxygen atoms in total. The molecule has 0 unspecified atom stereocenters. The van der Waals surface area contributed by atoms with Crippen molar-refractivity contribution in [1.29, 1.82) is 0 Å². The fourth-order valence-electron chi connectivity index (χ4n) is 2.11. The summed E-state index contributed by atoms with van der Waals surface area (Å²) in [5.41, 5.74) is 5.61. The van der Waals surface area contributed by atoms with Gasteiger partial charge in [-0.1, -0.05) is 13.8 Å². The highest BCUT2D eigenvalue weighted by molar-refractivity contribution is 5.67. The predicted octanol–water partition coefficient (Wildman–Crippen LogP) is 1.93. The number of aromatic nitrogens is 4. The summed E-state index contributed by atoms with van der Waals surface area (Å²) in [5, 5.41) is 15.1. The van der Waals surface area contributed by atoms with Gasteiger partial charge >= 0.3 is 0 Å². The lowest BCUT2D eigenvalue weighted by Crippen LogP contribution is -2.21. The van der Waals surface area contributed by atoms with E-state index in [2.05, 4.69) is 41.4 Å². The number of nitrogens with zero attached hydrogens (tertiary/aromatic N) is 3. The average Bonchev–Trinajstić information content (AvgIpc) is 2.82. The molecule has 0 spiro atoms. The molecule has 0 saturated heterocycles. The number of nitrogens with one attached hydrogen (secondary N) is 2. The van der Waals surface area contributed by atoms with Crippen molar-refractivity contribution in [3.63, 3.8) is 0 Å². The minimum atomic E-state index is 0.462. The number of H-pyrrole nitrogens is 1. The first-order chi connectivity index (χ1) is 8.50. The van der Waals surface area contributed by atoms with Crippen LogP contribution in [-0.4, -0.2) is 26.0 Å². The Kier molecular flexibility index (Phi) is 3.52. The third kappa shape index (κ3) is 2.31. The van der Waals surface area contributed by atoms with E-state index in [4.69, 9.17) is 0 Å². The van der Waals surface area contributed by atoms with Crippen molar-refractivity contribution < 1.29 is 0 Å². The van der Waals surface area contributed by atoms with E-state index in [1.807, 2.05) is 24.9 Å². The molecule has 0 amide bonds. The van der Waals surface area contributed by atoms with Crippen molar-refractivity contribution >= 4 is 0 Å². The van der Waals surface area contributed by atoms with Crippen LogP contribution in [0, 0.1) is 13.8 Å². The summed E-state index contributed by atoms with van der Waals surface area (Å²) in [6.07, 6.45) is 1.89. The molecule has 0 aliphatic rings. The molecule has 2 N–H and O–H groups in total. The molecule has 0 bridgehead atoms. The Balaban J connectivity index is 2.36. The first kappa shape index (κ1) is 12.8. The summed E-state index contributed by atoms with van der Waals surface area (Å²) >= 11 is 0. The molecule has 0 fully saturated rings. The molecular weight excluding hydrogens is 226 g/mol. The van der Waals surface area contributed by atoms with Crippen LogP contribution in [-0.2, 0) is 13.6 Å². The summed E-state index contributed by atoms with van der Waals surface area (Å²) in [6.45, 7) is 9.20. The van der Waals surface area contributed by atoms with Gasteiger partial charge in [0.05, 0.1) is 17.6 Å². The van der Waals surface area contributed by atoms with Gasteiger partial charge in [-0.3, -0.25) is 9.78 Å². The van der Waals surface area contributed by atoms with E-state index in [-0.39, 0.29) is 0 Å². The van der Waals surface area contributed by atoms with Crippen LogP contribution in [0.4, 0.5) is 0 Å². The quantitative estimate of drug-likeness (QED) is 0.868. The van der Waals surface area contributed by atoms with Gasteiger partial charge in [0.1, 0.15) is 0 Å². The summed E-state index contributed by atoms with van der Waals surface area (Å²) in [5.74, 6) is 0. The highest BCUT2D eigenvalue weighted by Gasteiger charge is 2.16. The molecule has 2 rings (SSSR count). The lowest BCUT2D eigenvalue weighted by molar-refractivity contribution is 0.589. The first-order valence-corrected chi connectivity index (χ1v) is 6.27. The third-order valence-corrected chi connectivity index (χ3v) is 3.18. The maximum Gasteiger partial charge on any atom is 0.0732 e. The molecule has 0 radical (unpaired) electrons. The second kappa shape index (κ2) is 4.94. The normalized spacial score (nSPS) is 11.4. The molecule has 0 aliphatic heterocycles. The minimum absolute atomic E-state index is 0.462. The zero-order chi connectivity index (χ0) is 13.3. The van der Waals surface area contributed by atoms with Crippen LogP contribution >= 0.6 is 0 Å². The Hall–Kier alpha value is -1.62. The monoisotopic (exact) mass is 247 g/mol. The van der Waals surface area contributed by atoms with Gasteiger partial charge in [0, 0.05) is 36.5 Å². The van der Waals surface area contributed by atoms with E-state index in [1.165, 1.54) is 5.56 Å². The molecule has 0 aromatic carbocycles. The van der Waals surface area contributed by atoms with Crippen molar-refractivity contribution in [3.05, 3.63) is 23.1 Å². The van der Waals surface area contributed by atoms with Gasteiger partial charge < -0.3 is 5.32 Å². The fraction of sp³-hybridized carbons (Fsp3) is 0.538. The SMILES string of the molecule is Cc1nn(C)c(C)c1-c1[nH]ncc1CNC(C)C. The van der Waals surface area contributed by atoms with Crippen molar-refractivity contribution in [2.45, 2.75) is 40.3 Å².